The van der Waals surface area contributed by atoms with E-state index in [9.17, 15) is 22.8 Å². The summed E-state index contributed by atoms with van der Waals surface area (Å²) < 4.78 is 39.2. The van der Waals surface area contributed by atoms with Crippen LogP contribution >= 0.6 is 0 Å². The summed E-state index contributed by atoms with van der Waals surface area (Å²) >= 11 is 0. The third-order valence-corrected chi connectivity index (χ3v) is 7.00. The molecule has 1 fully saturated rings. The SMILES string of the molecule is Cc1cc(C(=O)NCCCN2CCCC2)c(C=C2C(=O)Nc3cccc(-c4ccc(C(F)(F)F)cc4)c32)[nH]1. The van der Waals surface area contributed by atoms with Crippen LogP contribution in [0, 0.1) is 6.92 Å². The molecule has 198 valence electrons. The number of H-pyrrole nitrogens is 1. The third-order valence-electron chi connectivity index (χ3n) is 7.00. The van der Waals surface area contributed by atoms with E-state index in [2.05, 4.69) is 20.5 Å². The van der Waals surface area contributed by atoms with Crippen LogP contribution in [-0.4, -0.2) is 47.9 Å². The Hall–Kier alpha value is -3.85. The number of likely N-dealkylation sites (tertiary alicyclic amines) is 1. The highest BCUT2D eigenvalue weighted by atomic mass is 19.4. The second kappa shape index (κ2) is 10.5. The number of nitrogens with one attached hydrogen (secondary N) is 3. The number of halogens is 3. The van der Waals surface area contributed by atoms with Crippen LogP contribution in [0.2, 0.25) is 0 Å². The number of anilines is 1. The zero-order valence-corrected chi connectivity index (χ0v) is 21.0. The van der Waals surface area contributed by atoms with Crippen molar-refractivity contribution < 1.29 is 22.8 Å². The van der Waals surface area contributed by atoms with E-state index in [1.54, 1.807) is 30.3 Å². The molecule has 3 heterocycles. The maximum absolute atomic E-state index is 13.1. The fourth-order valence-corrected chi connectivity index (χ4v) is 5.13. The van der Waals surface area contributed by atoms with E-state index in [1.807, 2.05) is 6.92 Å². The molecule has 0 aliphatic carbocycles. The van der Waals surface area contributed by atoms with Gasteiger partial charge in [-0.3, -0.25) is 9.59 Å². The first-order valence-electron chi connectivity index (χ1n) is 12.7. The summed E-state index contributed by atoms with van der Waals surface area (Å²) in [7, 11) is 0. The lowest BCUT2D eigenvalue weighted by Crippen LogP contribution is -2.28. The molecule has 0 bridgehead atoms. The van der Waals surface area contributed by atoms with Crippen molar-refractivity contribution >= 4 is 29.2 Å². The average Bonchev–Trinajstić information content (AvgIpc) is 3.61. The fourth-order valence-electron chi connectivity index (χ4n) is 5.13. The van der Waals surface area contributed by atoms with Crippen molar-refractivity contribution in [2.45, 2.75) is 32.4 Å². The number of benzene rings is 2. The predicted octanol–water partition coefficient (Wildman–Crippen LogP) is 5.72. The largest absolute Gasteiger partial charge is 0.416 e. The van der Waals surface area contributed by atoms with E-state index in [4.69, 9.17) is 0 Å². The van der Waals surface area contributed by atoms with Gasteiger partial charge in [-0.25, -0.2) is 0 Å². The number of hydrogen-bond donors (Lipinski definition) is 3. The zero-order chi connectivity index (χ0) is 26.9. The Bertz CT molecular complexity index is 1380. The Morgan fingerprint density at radius 1 is 1.11 bits per heavy atom. The van der Waals surface area contributed by atoms with E-state index < -0.39 is 11.7 Å². The Labute approximate surface area is 218 Å². The average molecular weight is 523 g/mol. The number of amides is 2. The van der Waals surface area contributed by atoms with Crippen LogP contribution in [-0.2, 0) is 11.0 Å². The Balaban J connectivity index is 1.41. The number of rotatable bonds is 7. The first-order valence-corrected chi connectivity index (χ1v) is 12.7. The topological polar surface area (TPSA) is 77.2 Å². The molecular weight excluding hydrogens is 493 g/mol. The number of fused-ring (bicyclic) bond motifs is 1. The van der Waals surface area contributed by atoms with Crippen molar-refractivity contribution in [3.05, 3.63) is 76.6 Å². The molecule has 9 heteroatoms. The summed E-state index contributed by atoms with van der Waals surface area (Å²) in [6.45, 7) is 5.56. The van der Waals surface area contributed by atoms with Crippen LogP contribution in [0.15, 0.2) is 48.5 Å². The summed E-state index contributed by atoms with van der Waals surface area (Å²) in [5.74, 6) is -0.569. The summed E-state index contributed by atoms with van der Waals surface area (Å²) in [5, 5.41) is 5.81. The van der Waals surface area contributed by atoms with Crippen LogP contribution in [0.5, 0.6) is 0 Å². The molecule has 0 saturated carbocycles. The van der Waals surface area contributed by atoms with Crippen LogP contribution < -0.4 is 10.6 Å². The smallest absolute Gasteiger partial charge is 0.358 e. The van der Waals surface area contributed by atoms with Crippen LogP contribution in [0.25, 0.3) is 22.8 Å². The van der Waals surface area contributed by atoms with E-state index in [0.717, 1.165) is 43.9 Å². The molecule has 3 aromatic rings. The Kier molecular flexibility index (Phi) is 7.12. The molecule has 2 aromatic carbocycles. The number of hydrogen-bond acceptors (Lipinski definition) is 3. The lowest BCUT2D eigenvalue weighted by molar-refractivity contribution is -0.137. The van der Waals surface area contributed by atoms with E-state index >= 15 is 0 Å². The number of aryl methyl sites for hydroxylation is 1. The van der Waals surface area contributed by atoms with Crippen LogP contribution in [0.3, 0.4) is 0 Å². The minimum absolute atomic E-state index is 0.225. The highest BCUT2D eigenvalue weighted by Crippen LogP contribution is 2.41. The van der Waals surface area contributed by atoms with Gasteiger partial charge < -0.3 is 20.5 Å². The normalized spacial score (nSPS) is 16.6. The lowest BCUT2D eigenvalue weighted by atomic mass is 9.93. The van der Waals surface area contributed by atoms with Gasteiger partial charge in [0.15, 0.2) is 0 Å². The number of carbonyl (C=O) groups is 2. The molecule has 0 radical (unpaired) electrons. The second-order valence-electron chi connectivity index (χ2n) is 9.75. The van der Waals surface area contributed by atoms with Gasteiger partial charge in [-0.1, -0.05) is 24.3 Å². The molecule has 6 nitrogen and oxygen atoms in total. The molecular formula is C29H29F3N4O2. The van der Waals surface area contributed by atoms with E-state index in [1.165, 1.54) is 25.0 Å². The highest BCUT2D eigenvalue weighted by Gasteiger charge is 2.31. The standard InChI is InChI=1S/C29H29F3N4O2/c1-18-16-22(27(37)33-12-5-15-36-13-2-3-14-36)25(34-18)17-23-26-21(6-4-7-24(26)35-28(23)38)19-8-10-20(11-9-19)29(30,31)32/h4,6-11,16-17,34H,2-3,5,12-15H2,1H3,(H,33,37)(H,35,38). The third kappa shape index (κ3) is 5.38. The molecule has 2 aliphatic rings. The molecule has 3 N–H and O–H groups in total. The van der Waals surface area contributed by atoms with Crippen molar-refractivity contribution in [2.75, 3.05) is 31.5 Å². The molecule has 0 unspecified atom stereocenters. The summed E-state index contributed by atoms with van der Waals surface area (Å²) in [6.07, 6.45) is 0.518. The molecule has 1 aromatic heterocycles. The van der Waals surface area contributed by atoms with E-state index in [-0.39, 0.29) is 11.8 Å². The van der Waals surface area contributed by atoms with Crippen molar-refractivity contribution in [3.8, 4) is 11.1 Å². The predicted molar refractivity (Wildman–Crippen MR) is 142 cm³/mol. The number of carbonyl (C=O) groups excluding carboxylic acids is 2. The number of alkyl halides is 3. The first kappa shape index (κ1) is 25.8. The minimum atomic E-state index is -4.43. The van der Waals surface area contributed by atoms with Gasteiger partial charge in [0.25, 0.3) is 11.8 Å². The van der Waals surface area contributed by atoms with Gasteiger partial charge in [-0.15, -0.1) is 0 Å². The fraction of sp³-hybridized carbons (Fsp3) is 0.310. The summed E-state index contributed by atoms with van der Waals surface area (Å²) in [4.78, 5) is 31.6. The molecule has 1 saturated heterocycles. The molecule has 2 amide bonds. The zero-order valence-electron chi connectivity index (χ0n) is 21.0. The van der Waals surface area contributed by atoms with Crippen LogP contribution in [0.4, 0.5) is 18.9 Å². The Morgan fingerprint density at radius 2 is 1.84 bits per heavy atom. The maximum Gasteiger partial charge on any atom is 0.416 e. The van der Waals surface area contributed by atoms with Crippen molar-refractivity contribution in [2.24, 2.45) is 0 Å². The molecule has 2 aliphatic heterocycles. The van der Waals surface area contributed by atoms with Gasteiger partial charge >= 0.3 is 6.18 Å². The first-order chi connectivity index (χ1) is 18.2. The van der Waals surface area contributed by atoms with Gasteiger partial charge in [-0.2, -0.15) is 13.2 Å². The summed E-state index contributed by atoms with van der Waals surface area (Å²) in [6, 6.07) is 11.9. The van der Waals surface area contributed by atoms with Crippen LogP contribution in [0.1, 0.15) is 52.1 Å². The number of aromatic nitrogens is 1. The van der Waals surface area contributed by atoms with Gasteiger partial charge in [-0.05, 0) is 87.3 Å². The van der Waals surface area contributed by atoms with Gasteiger partial charge in [0, 0.05) is 23.5 Å². The highest BCUT2D eigenvalue weighted by molar-refractivity contribution is 6.36. The second-order valence-corrected chi connectivity index (χ2v) is 9.75. The summed E-state index contributed by atoms with van der Waals surface area (Å²) in [5.41, 5.74) is 3.62. The monoisotopic (exact) mass is 522 g/mol. The maximum atomic E-state index is 13.1. The quantitative estimate of drug-likeness (QED) is 0.275. The molecule has 5 rings (SSSR count). The van der Waals surface area contributed by atoms with E-state index in [0.29, 0.717) is 45.8 Å². The molecule has 0 spiro atoms. The molecule has 0 atom stereocenters. The van der Waals surface area contributed by atoms with Gasteiger partial charge in [0.2, 0.25) is 0 Å². The van der Waals surface area contributed by atoms with Crippen molar-refractivity contribution in [3.63, 3.8) is 0 Å². The van der Waals surface area contributed by atoms with Crippen molar-refractivity contribution in [1.29, 1.82) is 0 Å². The minimum Gasteiger partial charge on any atom is -0.358 e. The van der Waals surface area contributed by atoms with Gasteiger partial charge in [0.1, 0.15) is 0 Å². The Morgan fingerprint density at radius 3 is 2.55 bits per heavy atom. The van der Waals surface area contributed by atoms with Gasteiger partial charge in [0.05, 0.1) is 22.4 Å². The number of aromatic amines is 1. The lowest BCUT2D eigenvalue weighted by Gasteiger charge is -2.14. The molecule has 38 heavy (non-hydrogen) atoms. The van der Waals surface area contributed by atoms with Crippen molar-refractivity contribution in [1.82, 2.24) is 15.2 Å². The number of nitrogens with zero attached hydrogens (tertiary/aromatic N) is 1.